The Balaban J connectivity index is 0.00000364. The highest BCUT2D eigenvalue weighted by Gasteiger charge is 2.29. The maximum atomic E-state index is 12.6. The van der Waals surface area contributed by atoms with Gasteiger partial charge in [-0.25, -0.2) is 4.99 Å². The van der Waals surface area contributed by atoms with E-state index in [1.807, 2.05) is 18.4 Å². The molecule has 0 saturated carbocycles. The Bertz CT molecular complexity index is 712. The number of benzene rings is 1. The Hall–Kier alpha value is -1.85. The molecule has 0 unspecified atom stereocenters. The first-order valence-corrected chi connectivity index (χ1v) is 8.49. The molecule has 1 aromatic heterocycles. The van der Waals surface area contributed by atoms with Gasteiger partial charge in [0.25, 0.3) is 0 Å². The minimum absolute atomic E-state index is 0. The minimum atomic E-state index is -4.32. The Morgan fingerprint density at radius 1 is 1.15 bits per heavy atom. The molecule has 1 aromatic carbocycles. The highest BCUT2D eigenvalue weighted by atomic mass is 127. The van der Waals surface area contributed by atoms with Gasteiger partial charge in [0.05, 0.1) is 12.1 Å². The van der Waals surface area contributed by atoms with Gasteiger partial charge in [0.15, 0.2) is 5.96 Å². The number of halogens is 4. The van der Waals surface area contributed by atoms with Crippen LogP contribution in [-0.4, -0.2) is 33.8 Å². The molecule has 150 valence electrons. The summed E-state index contributed by atoms with van der Waals surface area (Å²) in [6.07, 6.45) is -1.83. The van der Waals surface area contributed by atoms with E-state index < -0.39 is 11.7 Å². The average Bonchev–Trinajstić information content (AvgIpc) is 3.07. The topological polar surface area (TPSA) is 67.1 Å². The summed E-state index contributed by atoms with van der Waals surface area (Å²) in [4.78, 5) is 4.41. The molecule has 0 spiro atoms. The molecular weight excluding hydrogens is 472 g/mol. The third-order valence-electron chi connectivity index (χ3n) is 3.70. The third kappa shape index (κ3) is 7.35. The van der Waals surface area contributed by atoms with Gasteiger partial charge in [0, 0.05) is 26.1 Å². The second kappa shape index (κ2) is 11.1. The van der Waals surface area contributed by atoms with Crippen molar-refractivity contribution in [3.8, 4) is 0 Å². The van der Waals surface area contributed by atoms with E-state index in [-0.39, 0.29) is 24.0 Å². The number of hydrogen-bond acceptors (Lipinski definition) is 3. The number of aliphatic imine (C=N–C) groups is 1. The quantitative estimate of drug-likeness (QED) is 0.351. The maximum Gasteiger partial charge on any atom is 0.416 e. The molecule has 2 N–H and O–H groups in total. The highest BCUT2D eigenvalue weighted by molar-refractivity contribution is 14.0. The van der Waals surface area contributed by atoms with Crippen LogP contribution in [0, 0.1) is 0 Å². The molecule has 0 saturated heterocycles. The molecule has 0 amide bonds. The monoisotopic (exact) mass is 496 g/mol. The van der Waals surface area contributed by atoms with Gasteiger partial charge in [-0.05, 0) is 24.6 Å². The highest BCUT2D eigenvalue weighted by Crippen LogP contribution is 2.29. The van der Waals surface area contributed by atoms with Crippen molar-refractivity contribution < 1.29 is 13.2 Å². The number of hydrogen-bond donors (Lipinski definition) is 2. The Kier molecular flexibility index (Phi) is 9.53. The largest absolute Gasteiger partial charge is 0.416 e. The van der Waals surface area contributed by atoms with E-state index in [2.05, 4.69) is 25.8 Å². The number of aromatic nitrogens is 3. The first-order valence-electron chi connectivity index (χ1n) is 8.49. The molecule has 10 heteroatoms. The van der Waals surface area contributed by atoms with Crippen LogP contribution in [0.25, 0.3) is 0 Å². The van der Waals surface area contributed by atoms with E-state index in [0.29, 0.717) is 37.7 Å². The van der Waals surface area contributed by atoms with Crippen molar-refractivity contribution in [2.24, 2.45) is 4.99 Å². The molecule has 0 bridgehead atoms. The molecule has 0 radical (unpaired) electrons. The van der Waals surface area contributed by atoms with Crippen molar-refractivity contribution in [2.75, 3.05) is 13.1 Å². The Morgan fingerprint density at radius 2 is 1.85 bits per heavy atom. The Morgan fingerprint density at radius 3 is 2.44 bits per heavy atom. The van der Waals surface area contributed by atoms with Gasteiger partial charge >= 0.3 is 6.18 Å². The number of nitrogens with zero attached hydrogens (tertiary/aromatic N) is 4. The van der Waals surface area contributed by atoms with Crippen LogP contribution in [-0.2, 0) is 25.7 Å². The lowest BCUT2D eigenvalue weighted by atomic mass is 10.1. The number of rotatable bonds is 7. The molecule has 1 heterocycles. The van der Waals surface area contributed by atoms with Crippen LogP contribution in [0.1, 0.15) is 30.8 Å². The van der Waals surface area contributed by atoms with Gasteiger partial charge in [0.1, 0.15) is 12.2 Å². The smallest absolute Gasteiger partial charge is 0.357 e. The van der Waals surface area contributed by atoms with Crippen molar-refractivity contribution >= 4 is 29.9 Å². The summed E-state index contributed by atoms with van der Waals surface area (Å²) in [6.45, 7) is 6.27. The minimum Gasteiger partial charge on any atom is -0.357 e. The van der Waals surface area contributed by atoms with Crippen molar-refractivity contribution in [1.29, 1.82) is 0 Å². The van der Waals surface area contributed by atoms with E-state index in [9.17, 15) is 13.2 Å². The zero-order valence-electron chi connectivity index (χ0n) is 15.3. The molecule has 0 fully saturated rings. The molecule has 2 aromatic rings. The van der Waals surface area contributed by atoms with Crippen molar-refractivity contribution in [1.82, 2.24) is 25.4 Å². The number of nitrogens with one attached hydrogen (secondary N) is 2. The standard InChI is InChI=1S/C17H23F3N6.HI/c1-3-15-25-24-12-26(15)10-9-22-16(21-4-2)23-11-13-5-7-14(8-6-13)17(18,19)20;/h5-8,12H,3-4,9-11H2,1-2H3,(H2,21,22,23);1H. The van der Waals surface area contributed by atoms with Gasteiger partial charge in [-0.15, -0.1) is 34.2 Å². The van der Waals surface area contributed by atoms with Gasteiger partial charge in [-0.2, -0.15) is 13.2 Å². The number of guanidine groups is 1. The molecule has 0 aliphatic rings. The van der Waals surface area contributed by atoms with E-state index in [4.69, 9.17) is 0 Å². The van der Waals surface area contributed by atoms with Gasteiger partial charge in [0.2, 0.25) is 0 Å². The SMILES string of the molecule is CCNC(=NCc1ccc(C(F)(F)F)cc1)NCCn1cnnc1CC.I. The van der Waals surface area contributed by atoms with Gasteiger partial charge < -0.3 is 15.2 Å². The van der Waals surface area contributed by atoms with Crippen LogP contribution in [0.5, 0.6) is 0 Å². The summed E-state index contributed by atoms with van der Waals surface area (Å²) < 4.78 is 39.7. The van der Waals surface area contributed by atoms with Crippen LogP contribution >= 0.6 is 24.0 Å². The predicted octanol–water partition coefficient (Wildman–Crippen LogP) is 3.23. The van der Waals surface area contributed by atoms with Gasteiger partial charge in [-0.3, -0.25) is 0 Å². The molecule has 6 nitrogen and oxygen atoms in total. The molecule has 27 heavy (non-hydrogen) atoms. The second-order valence-corrected chi connectivity index (χ2v) is 5.61. The molecule has 0 aliphatic carbocycles. The zero-order chi connectivity index (χ0) is 19.0. The number of aryl methyl sites for hydroxylation is 1. The normalized spacial score (nSPS) is 11.8. The summed E-state index contributed by atoms with van der Waals surface area (Å²) in [5.74, 6) is 1.53. The van der Waals surface area contributed by atoms with Crippen LogP contribution in [0.2, 0.25) is 0 Å². The van der Waals surface area contributed by atoms with E-state index in [1.54, 1.807) is 6.33 Å². The van der Waals surface area contributed by atoms with Crippen LogP contribution < -0.4 is 10.6 Å². The lowest BCUT2D eigenvalue weighted by Crippen LogP contribution is -2.38. The molecule has 0 atom stereocenters. The fourth-order valence-corrected chi connectivity index (χ4v) is 2.35. The Labute approximate surface area is 173 Å². The first kappa shape index (κ1) is 23.2. The molecule has 2 rings (SSSR count). The van der Waals surface area contributed by atoms with Crippen molar-refractivity contribution in [3.63, 3.8) is 0 Å². The summed E-state index contributed by atoms with van der Waals surface area (Å²) in [6, 6.07) is 5.04. The fraction of sp³-hybridized carbons (Fsp3) is 0.471. The predicted molar refractivity (Wildman–Crippen MR) is 109 cm³/mol. The summed E-state index contributed by atoms with van der Waals surface area (Å²) in [5.41, 5.74) is 0.0539. The second-order valence-electron chi connectivity index (χ2n) is 5.61. The zero-order valence-corrected chi connectivity index (χ0v) is 17.6. The first-order chi connectivity index (χ1) is 12.4. The third-order valence-corrected chi connectivity index (χ3v) is 3.70. The molecular formula is C17H24F3IN6. The summed E-state index contributed by atoms with van der Waals surface area (Å²) in [5, 5.41) is 14.2. The van der Waals surface area contributed by atoms with Crippen LogP contribution in [0.15, 0.2) is 35.6 Å². The molecule has 0 aliphatic heterocycles. The lowest BCUT2D eigenvalue weighted by Gasteiger charge is -2.12. The number of alkyl halides is 3. The maximum absolute atomic E-state index is 12.6. The summed E-state index contributed by atoms with van der Waals surface area (Å²) in [7, 11) is 0. The van der Waals surface area contributed by atoms with E-state index in [0.717, 1.165) is 24.4 Å². The van der Waals surface area contributed by atoms with Crippen molar-refractivity contribution in [2.45, 2.75) is 39.5 Å². The van der Waals surface area contributed by atoms with Crippen LogP contribution in [0.3, 0.4) is 0 Å². The average molecular weight is 496 g/mol. The van der Waals surface area contributed by atoms with Crippen LogP contribution in [0.4, 0.5) is 13.2 Å². The fourth-order valence-electron chi connectivity index (χ4n) is 2.35. The van der Waals surface area contributed by atoms with E-state index in [1.165, 1.54) is 12.1 Å². The van der Waals surface area contributed by atoms with E-state index >= 15 is 0 Å². The summed E-state index contributed by atoms with van der Waals surface area (Å²) >= 11 is 0. The van der Waals surface area contributed by atoms with Crippen molar-refractivity contribution in [3.05, 3.63) is 47.5 Å². The lowest BCUT2D eigenvalue weighted by molar-refractivity contribution is -0.137. The van der Waals surface area contributed by atoms with Gasteiger partial charge in [-0.1, -0.05) is 19.1 Å².